The van der Waals surface area contributed by atoms with Crippen LogP contribution < -0.4 is 10.4 Å². The van der Waals surface area contributed by atoms with Crippen LogP contribution in [0.3, 0.4) is 0 Å². The number of aromatic hydroxyl groups is 1. The number of carbonyl (C=O) groups is 1. The van der Waals surface area contributed by atoms with Crippen molar-refractivity contribution in [2.75, 3.05) is 13.2 Å². The third kappa shape index (κ3) is 4.12. The summed E-state index contributed by atoms with van der Waals surface area (Å²) in [7, 11) is 0. The van der Waals surface area contributed by atoms with Gasteiger partial charge in [0.15, 0.2) is 11.0 Å². The summed E-state index contributed by atoms with van der Waals surface area (Å²) in [6.07, 6.45) is 0.487. The lowest BCUT2D eigenvalue weighted by Gasteiger charge is -2.16. The van der Waals surface area contributed by atoms with Gasteiger partial charge in [0.2, 0.25) is 0 Å². The standard InChI is InChI=1S/C11H9ClO4.C11H7ClO3/c12-6-1-2-9-8(5-6)10(14)7(3-4-13)11(15)16-9;12-10-5-7-9(15-10)2-1-6-8(13)3-4-14-11(6)7/h1-2,5,13-14H,3-4H2;1-2,5H,3-4H2. The Morgan fingerprint density at radius 3 is 2.48 bits per heavy atom. The largest absolute Gasteiger partial charge is 0.507 e. The molecular weight excluding hydrogens is 447 g/mol. The second-order valence-electron chi connectivity index (χ2n) is 6.76. The Labute approximate surface area is 185 Å². The summed E-state index contributed by atoms with van der Waals surface area (Å²) in [6.45, 7) is 0.193. The zero-order valence-electron chi connectivity index (χ0n) is 16.0. The predicted octanol–water partition coefficient (Wildman–Crippen LogP) is 4.74. The number of hydrogen-bond donors (Lipinski definition) is 2. The second-order valence-corrected chi connectivity index (χ2v) is 7.57. The number of aliphatic hydroxyl groups is 1. The molecule has 0 unspecified atom stereocenters. The molecular formula is C22H16Cl2O7. The smallest absolute Gasteiger partial charge is 0.343 e. The number of ketones is 1. The van der Waals surface area contributed by atoms with E-state index in [1.165, 1.54) is 12.1 Å². The molecule has 0 radical (unpaired) electrons. The molecule has 0 atom stereocenters. The highest BCUT2D eigenvalue weighted by atomic mass is 35.5. The minimum absolute atomic E-state index is 0.0522. The van der Waals surface area contributed by atoms with E-state index in [9.17, 15) is 14.7 Å². The molecule has 2 aromatic carbocycles. The Hall–Kier alpha value is -3.00. The topological polar surface area (TPSA) is 110 Å². The fourth-order valence-corrected chi connectivity index (χ4v) is 3.70. The number of hydrogen-bond acceptors (Lipinski definition) is 7. The molecule has 2 aromatic heterocycles. The van der Waals surface area contributed by atoms with Crippen LogP contribution in [0.15, 0.2) is 50.0 Å². The Morgan fingerprint density at radius 1 is 0.968 bits per heavy atom. The monoisotopic (exact) mass is 462 g/mol. The number of carbonyl (C=O) groups excluding carboxylic acids is 1. The number of fused-ring (bicyclic) bond motifs is 4. The van der Waals surface area contributed by atoms with Gasteiger partial charge in [0.05, 0.1) is 28.5 Å². The van der Waals surface area contributed by atoms with Crippen LogP contribution in [0.4, 0.5) is 0 Å². The molecule has 0 bridgehead atoms. The van der Waals surface area contributed by atoms with Crippen molar-refractivity contribution in [1.82, 2.24) is 0 Å². The number of furan rings is 1. The van der Waals surface area contributed by atoms with Crippen molar-refractivity contribution < 1.29 is 28.6 Å². The van der Waals surface area contributed by atoms with Gasteiger partial charge in [-0.1, -0.05) is 11.6 Å². The van der Waals surface area contributed by atoms with Crippen LogP contribution in [0, 0.1) is 0 Å². The molecule has 160 valence electrons. The zero-order valence-corrected chi connectivity index (χ0v) is 17.5. The fourth-order valence-electron chi connectivity index (χ4n) is 3.34. The van der Waals surface area contributed by atoms with Crippen LogP contribution in [0.25, 0.3) is 21.9 Å². The van der Waals surface area contributed by atoms with Crippen molar-refractivity contribution in [2.45, 2.75) is 12.8 Å². The van der Waals surface area contributed by atoms with Crippen LogP contribution in [-0.2, 0) is 6.42 Å². The van der Waals surface area contributed by atoms with E-state index in [0.717, 1.165) is 5.39 Å². The summed E-state index contributed by atoms with van der Waals surface area (Å²) in [4.78, 5) is 23.1. The number of benzene rings is 2. The fraction of sp³-hybridized carbons (Fsp3) is 0.182. The number of aliphatic hydroxyl groups excluding tert-OH is 1. The van der Waals surface area contributed by atoms with Gasteiger partial charge in [-0.25, -0.2) is 4.79 Å². The molecule has 1 aliphatic heterocycles. The van der Waals surface area contributed by atoms with E-state index in [4.69, 9.17) is 41.9 Å². The molecule has 31 heavy (non-hydrogen) atoms. The van der Waals surface area contributed by atoms with E-state index in [1.54, 1.807) is 24.3 Å². The molecule has 0 fully saturated rings. The third-order valence-electron chi connectivity index (χ3n) is 4.79. The summed E-state index contributed by atoms with van der Waals surface area (Å²) in [5.41, 5.74) is 0.965. The van der Waals surface area contributed by atoms with Crippen molar-refractivity contribution in [3.63, 3.8) is 0 Å². The molecule has 3 heterocycles. The maximum atomic E-state index is 11.6. The van der Waals surface area contributed by atoms with Gasteiger partial charge in [-0.2, -0.15) is 0 Å². The highest BCUT2D eigenvalue weighted by molar-refractivity contribution is 6.31. The average Bonchev–Trinajstić information content (AvgIpc) is 3.13. The molecule has 2 N–H and O–H groups in total. The first-order chi connectivity index (χ1) is 14.9. The zero-order chi connectivity index (χ0) is 22.1. The minimum atomic E-state index is -0.638. The Kier molecular flexibility index (Phi) is 5.91. The molecule has 0 spiro atoms. The molecule has 5 rings (SSSR count). The van der Waals surface area contributed by atoms with E-state index in [-0.39, 0.29) is 35.7 Å². The minimum Gasteiger partial charge on any atom is -0.507 e. The Bertz CT molecular complexity index is 1350. The average molecular weight is 463 g/mol. The number of ether oxygens (including phenoxy) is 1. The van der Waals surface area contributed by atoms with Crippen molar-refractivity contribution in [3.8, 4) is 11.5 Å². The maximum Gasteiger partial charge on any atom is 0.343 e. The molecule has 4 aromatic rings. The van der Waals surface area contributed by atoms with Crippen LogP contribution in [0.2, 0.25) is 10.2 Å². The first-order valence-corrected chi connectivity index (χ1v) is 10.1. The van der Waals surface area contributed by atoms with Gasteiger partial charge >= 0.3 is 5.63 Å². The van der Waals surface area contributed by atoms with Gasteiger partial charge in [-0.3, -0.25) is 4.79 Å². The molecule has 1 aliphatic rings. The highest BCUT2D eigenvalue weighted by Crippen LogP contribution is 2.36. The van der Waals surface area contributed by atoms with Crippen molar-refractivity contribution in [3.05, 3.63) is 68.2 Å². The summed E-state index contributed by atoms with van der Waals surface area (Å²) < 4.78 is 15.7. The van der Waals surface area contributed by atoms with E-state index in [2.05, 4.69) is 0 Å². The molecule has 0 amide bonds. The third-order valence-corrected chi connectivity index (χ3v) is 5.21. The highest BCUT2D eigenvalue weighted by Gasteiger charge is 2.22. The lowest BCUT2D eigenvalue weighted by molar-refractivity contribution is 0.0935. The van der Waals surface area contributed by atoms with Crippen LogP contribution in [-0.4, -0.2) is 29.2 Å². The molecule has 0 saturated carbocycles. The van der Waals surface area contributed by atoms with Gasteiger partial charge < -0.3 is 23.8 Å². The van der Waals surface area contributed by atoms with Crippen molar-refractivity contribution in [1.29, 1.82) is 0 Å². The van der Waals surface area contributed by atoms with Crippen molar-refractivity contribution >= 4 is 50.9 Å². The van der Waals surface area contributed by atoms with E-state index in [0.29, 0.717) is 45.6 Å². The summed E-state index contributed by atoms with van der Waals surface area (Å²) >= 11 is 11.5. The van der Waals surface area contributed by atoms with Crippen LogP contribution in [0.1, 0.15) is 22.3 Å². The number of halogens is 2. The van der Waals surface area contributed by atoms with E-state index in [1.807, 2.05) is 0 Å². The molecule has 9 heteroatoms. The first kappa shape index (κ1) is 21.2. The summed E-state index contributed by atoms with van der Waals surface area (Å²) in [6, 6.07) is 9.73. The summed E-state index contributed by atoms with van der Waals surface area (Å²) in [5, 5.41) is 20.5. The van der Waals surface area contributed by atoms with Crippen molar-refractivity contribution in [2.24, 2.45) is 0 Å². The lowest BCUT2D eigenvalue weighted by Crippen LogP contribution is -2.15. The normalized spacial score (nSPS) is 12.9. The Morgan fingerprint density at radius 2 is 1.71 bits per heavy atom. The van der Waals surface area contributed by atoms with Gasteiger partial charge in [-0.05, 0) is 41.9 Å². The first-order valence-electron chi connectivity index (χ1n) is 9.32. The van der Waals surface area contributed by atoms with Gasteiger partial charge in [0.25, 0.3) is 0 Å². The van der Waals surface area contributed by atoms with E-state index >= 15 is 0 Å². The second kappa shape index (κ2) is 8.63. The maximum absolute atomic E-state index is 11.6. The summed E-state index contributed by atoms with van der Waals surface area (Å²) in [5.74, 6) is 0.526. The van der Waals surface area contributed by atoms with Crippen LogP contribution in [0.5, 0.6) is 11.5 Å². The number of Topliss-reactive ketones (excluding diaryl/α,β-unsaturated/α-hetero) is 1. The van der Waals surface area contributed by atoms with Gasteiger partial charge in [-0.15, -0.1) is 0 Å². The van der Waals surface area contributed by atoms with Gasteiger partial charge in [0.1, 0.15) is 22.7 Å². The molecule has 7 nitrogen and oxygen atoms in total. The van der Waals surface area contributed by atoms with Gasteiger partial charge in [0, 0.05) is 30.5 Å². The molecule has 0 saturated heterocycles. The van der Waals surface area contributed by atoms with E-state index < -0.39 is 5.63 Å². The SMILES string of the molecule is O=C1CCOc2c1ccc1oc(Cl)cc21.O=c1oc2ccc(Cl)cc2c(O)c1CCO. The number of rotatable bonds is 2. The Balaban J connectivity index is 0.000000149. The quantitative estimate of drug-likeness (QED) is 0.414. The molecule has 0 aliphatic carbocycles. The lowest BCUT2D eigenvalue weighted by atomic mass is 10.0. The predicted molar refractivity (Wildman–Crippen MR) is 116 cm³/mol. The van der Waals surface area contributed by atoms with Crippen LogP contribution >= 0.6 is 23.2 Å².